The molecule has 8 amide bonds. The minimum Gasteiger partial charge on any atom is -0.481 e. The number of carboxylic acids is 3. The molecule has 0 saturated heterocycles. The fourth-order valence-corrected chi connectivity index (χ4v) is 5.93. The highest BCUT2D eigenvalue weighted by molar-refractivity contribution is 7.98. The molecule has 0 saturated carbocycles. The van der Waals surface area contributed by atoms with Crippen LogP contribution in [0.3, 0.4) is 0 Å². The average Bonchev–Trinajstić information content (AvgIpc) is 3.22. The smallest absolute Gasteiger partial charge is 0.328 e. The van der Waals surface area contributed by atoms with E-state index in [0.717, 1.165) is 6.92 Å². The molecule has 1 rings (SSSR count). The van der Waals surface area contributed by atoms with Crippen molar-refractivity contribution in [1.29, 1.82) is 0 Å². The van der Waals surface area contributed by atoms with Gasteiger partial charge in [0.2, 0.25) is 47.3 Å². The Morgan fingerprint density at radius 3 is 1.52 bits per heavy atom. The molecule has 0 aromatic heterocycles. The molecule has 0 radical (unpaired) electrons. The number of carboxylic acid groups (broad SMARTS) is 3. The second-order valence-corrected chi connectivity index (χ2v) is 15.1. The van der Waals surface area contributed by atoms with E-state index in [1.807, 2.05) is 10.6 Å². The van der Waals surface area contributed by atoms with Crippen molar-refractivity contribution in [3.05, 3.63) is 35.9 Å². The van der Waals surface area contributed by atoms with Crippen LogP contribution < -0.4 is 48.7 Å². The third-order valence-electron chi connectivity index (χ3n) is 8.88. The zero-order valence-corrected chi connectivity index (χ0v) is 35.5. The lowest BCUT2D eigenvalue weighted by molar-refractivity contribution is -0.145. The average molecular weight is 930 g/mol. The zero-order valence-electron chi connectivity index (χ0n) is 34.7. The van der Waals surface area contributed by atoms with Gasteiger partial charge in [0.05, 0.1) is 32.2 Å². The highest BCUT2D eigenvalue weighted by atomic mass is 32.2. The molecule has 0 aliphatic heterocycles. The van der Waals surface area contributed by atoms with E-state index in [4.69, 9.17) is 11.5 Å². The number of carbonyl (C=O) groups is 11. The van der Waals surface area contributed by atoms with Crippen molar-refractivity contribution in [3.63, 3.8) is 0 Å². The Hall–Kier alpha value is -6.42. The summed E-state index contributed by atoms with van der Waals surface area (Å²) in [6.45, 7) is -0.868. The maximum Gasteiger partial charge on any atom is 0.328 e. The van der Waals surface area contributed by atoms with Gasteiger partial charge in [-0.2, -0.15) is 11.8 Å². The van der Waals surface area contributed by atoms with E-state index in [-0.39, 0.29) is 18.6 Å². The number of benzene rings is 1. The van der Waals surface area contributed by atoms with E-state index in [1.165, 1.54) is 11.8 Å². The number of nitrogens with two attached hydrogens (primary N) is 2. The van der Waals surface area contributed by atoms with Crippen LogP contribution in [0.25, 0.3) is 0 Å². The number of nitrogens with one attached hydrogen (secondary N) is 7. The number of carbonyl (C=O) groups excluding carboxylic acids is 8. The van der Waals surface area contributed by atoms with Gasteiger partial charge in [0.15, 0.2) is 6.04 Å². The van der Waals surface area contributed by atoms with Crippen LogP contribution in [0.2, 0.25) is 0 Å². The zero-order chi connectivity index (χ0) is 48.7. The van der Waals surface area contributed by atoms with Gasteiger partial charge in [0.1, 0.15) is 42.3 Å². The molecule has 9 atom stereocenters. The van der Waals surface area contributed by atoms with Gasteiger partial charge in [0, 0.05) is 12.8 Å². The van der Waals surface area contributed by atoms with Gasteiger partial charge in [0.25, 0.3) is 0 Å². The Labute approximate surface area is 369 Å². The Kier molecular flexibility index (Phi) is 24.6. The van der Waals surface area contributed by atoms with Crippen molar-refractivity contribution in [2.45, 2.75) is 99.9 Å². The first-order chi connectivity index (χ1) is 30.0. The molecular formula is C37H55N9O17S. The third kappa shape index (κ3) is 20.2. The molecule has 356 valence electrons. The van der Waals surface area contributed by atoms with Gasteiger partial charge in [-0.3, -0.25) is 47.9 Å². The molecule has 1 aromatic carbocycles. The summed E-state index contributed by atoms with van der Waals surface area (Å²) in [5.74, 6) is -14.1. The molecule has 0 aliphatic rings. The van der Waals surface area contributed by atoms with Crippen LogP contribution in [0.1, 0.15) is 44.6 Å². The largest absolute Gasteiger partial charge is 0.481 e. The number of aliphatic carboxylic acids is 3. The summed E-state index contributed by atoms with van der Waals surface area (Å²) in [5.41, 5.74) is 11.3. The fraction of sp³-hybridized carbons (Fsp3) is 0.541. The standard InChI is InChI=1S/C37H55N9O17S/c1-17(49)29(37(62)63)46-35(60)23(13-26(39)50)43-32(57)21(10-11-64-2)41-31(56)20(8-9-27(51)52)40-34(59)24(14-28(53)54)44-36(61)25(16-48)45-33(58)22(42-30(55)19(38)15-47)12-18-6-4-3-5-7-18/h3-7,17,19-25,29,47-49H,8-16,38H2,1-2H3,(H2,39,50)(H,40,59)(H,41,56)(H,42,55)(H,43,57)(H,44,61)(H,45,58)(H,46,60)(H,51,52)(H,53,54)(H,62,63)/t17-,19+,20+,21+,22+,23+,24+,25+,29+/m1/s1. The summed E-state index contributed by atoms with van der Waals surface area (Å²) < 4.78 is 0. The van der Waals surface area contributed by atoms with Crippen molar-refractivity contribution >= 4 is 76.9 Å². The number of amides is 8. The lowest BCUT2D eigenvalue weighted by atomic mass is 10.0. The van der Waals surface area contributed by atoms with E-state index < -0.39 is 159 Å². The predicted molar refractivity (Wildman–Crippen MR) is 221 cm³/mol. The Bertz CT molecular complexity index is 1820. The highest BCUT2D eigenvalue weighted by Crippen LogP contribution is 2.09. The first kappa shape index (κ1) is 55.6. The SMILES string of the molecule is CSCC[C@H](NC(=O)[C@H](CCC(=O)O)NC(=O)[C@H](CC(=O)O)NC(=O)[C@H](CO)NC(=O)[C@H](Cc1ccccc1)NC(=O)[C@@H](N)CO)C(=O)N[C@@H](CC(N)=O)C(=O)N[C@H](C(=O)O)[C@@H](C)O. The minimum absolute atomic E-state index is 0.158. The summed E-state index contributed by atoms with van der Waals surface area (Å²) >= 11 is 1.19. The highest BCUT2D eigenvalue weighted by Gasteiger charge is 2.36. The van der Waals surface area contributed by atoms with E-state index in [1.54, 1.807) is 36.6 Å². The monoisotopic (exact) mass is 929 g/mol. The first-order valence-electron chi connectivity index (χ1n) is 19.3. The maximum absolute atomic E-state index is 13.6. The Morgan fingerprint density at radius 2 is 1.05 bits per heavy atom. The lowest BCUT2D eigenvalue weighted by Gasteiger charge is -2.27. The molecule has 26 nitrogen and oxygen atoms in total. The molecule has 0 fully saturated rings. The van der Waals surface area contributed by atoms with Crippen LogP contribution in [-0.4, -0.2) is 175 Å². The van der Waals surface area contributed by atoms with Gasteiger partial charge in [-0.1, -0.05) is 30.3 Å². The molecule has 17 N–H and O–H groups in total. The fourth-order valence-electron chi connectivity index (χ4n) is 5.45. The van der Waals surface area contributed by atoms with Gasteiger partial charge < -0.3 is 79.3 Å². The number of primary amides is 1. The summed E-state index contributed by atoms with van der Waals surface area (Å²) in [4.78, 5) is 139. The third-order valence-corrected chi connectivity index (χ3v) is 9.53. The van der Waals surface area contributed by atoms with E-state index >= 15 is 0 Å². The van der Waals surface area contributed by atoms with E-state index in [2.05, 4.69) is 26.6 Å². The van der Waals surface area contributed by atoms with Crippen LogP contribution in [-0.2, 0) is 59.2 Å². The summed E-state index contributed by atoms with van der Waals surface area (Å²) in [6.07, 6.45) is -3.85. The minimum atomic E-state index is -2.06. The lowest BCUT2D eigenvalue weighted by Crippen LogP contribution is -2.61. The number of hydrogen-bond donors (Lipinski definition) is 15. The molecule has 0 bridgehead atoms. The number of rotatable bonds is 30. The van der Waals surface area contributed by atoms with Crippen LogP contribution in [0.4, 0.5) is 0 Å². The Balaban J connectivity index is 3.37. The summed E-state index contributed by atoms with van der Waals surface area (Å²) in [6, 6.07) is -5.79. The van der Waals surface area contributed by atoms with Crippen LogP contribution in [0.15, 0.2) is 30.3 Å². The van der Waals surface area contributed by atoms with Crippen LogP contribution in [0.5, 0.6) is 0 Å². The molecule has 0 heterocycles. The first-order valence-corrected chi connectivity index (χ1v) is 20.7. The van der Waals surface area contributed by atoms with E-state index in [0.29, 0.717) is 5.56 Å². The topological polar surface area (TPSA) is 445 Å². The van der Waals surface area contributed by atoms with Crippen molar-refractivity contribution in [1.82, 2.24) is 37.2 Å². The molecule has 27 heteroatoms. The summed E-state index contributed by atoms with van der Waals surface area (Å²) in [7, 11) is 0. The summed E-state index contributed by atoms with van der Waals surface area (Å²) in [5, 5.41) is 72.5. The molecule has 0 spiro atoms. The quantitative estimate of drug-likeness (QED) is 0.0341. The molecular weight excluding hydrogens is 875 g/mol. The van der Waals surface area contributed by atoms with Gasteiger partial charge in [-0.15, -0.1) is 0 Å². The number of thioether (sulfide) groups is 1. The van der Waals surface area contributed by atoms with Crippen molar-refractivity contribution in [2.75, 3.05) is 25.2 Å². The van der Waals surface area contributed by atoms with Gasteiger partial charge in [-0.05, 0) is 37.3 Å². The van der Waals surface area contributed by atoms with Crippen LogP contribution in [0, 0.1) is 0 Å². The second kappa shape index (κ2) is 28.3. The van der Waals surface area contributed by atoms with Gasteiger partial charge >= 0.3 is 17.9 Å². The number of hydrogen-bond acceptors (Lipinski definition) is 16. The Morgan fingerprint density at radius 1 is 0.594 bits per heavy atom. The van der Waals surface area contributed by atoms with Gasteiger partial charge in [-0.25, -0.2) is 4.79 Å². The van der Waals surface area contributed by atoms with Crippen molar-refractivity contribution in [3.8, 4) is 0 Å². The maximum atomic E-state index is 13.6. The van der Waals surface area contributed by atoms with Crippen molar-refractivity contribution in [2.24, 2.45) is 11.5 Å². The second-order valence-electron chi connectivity index (χ2n) is 14.1. The normalized spacial score (nSPS) is 15.1. The number of aliphatic hydroxyl groups excluding tert-OH is 3. The molecule has 1 aromatic rings. The molecule has 0 unspecified atom stereocenters. The van der Waals surface area contributed by atoms with Crippen molar-refractivity contribution < 1.29 is 83.4 Å². The predicted octanol–water partition coefficient (Wildman–Crippen LogP) is -6.63. The molecule has 0 aliphatic carbocycles. The van der Waals surface area contributed by atoms with Crippen LogP contribution >= 0.6 is 11.8 Å². The van der Waals surface area contributed by atoms with E-state index in [9.17, 15) is 83.4 Å². The number of aliphatic hydroxyl groups is 3. The molecule has 64 heavy (non-hydrogen) atoms.